The topological polar surface area (TPSA) is 0 Å². The minimum atomic E-state index is -0.180. The summed E-state index contributed by atoms with van der Waals surface area (Å²) in [6.07, 6.45) is 0. The third-order valence-corrected chi connectivity index (χ3v) is 10.4. The van der Waals surface area contributed by atoms with Crippen LogP contribution < -0.4 is 0 Å². The highest BCUT2D eigenvalue weighted by Crippen LogP contribution is 2.78. The maximum Gasteiger partial charge on any atom is 0.0707 e. The molecule has 3 atom stereocenters. The molecule has 1 aromatic rings. The Morgan fingerprint density at radius 3 is 2.43 bits per heavy atom. The van der Waals surface area contributed by atoms with E-state index in [2.05, 4.69) is 31.3 Å². The summed E-state index contributed by atoms with van der Waals surface area (Å²) in [5.41, 5.74) is 1.19. The third kappa shape index (κ3) is 2.56. The Bertz CT molecular complexity index is 316. The molecule has 0 aliphatic carbocycles. The zero-order valence-corrected chi connectivity index (χ0v) is 11.7. The first kappa shape index (κ1) is 11.5. The van der Waals surface area contributed by atoms with Crippen molar-refractivity contribution in [3.05, 3.63) is 34.9 Å². The summed E-state index contributed by atoms with van der Waals surface area (Å²) in [5.74, 6) is 0. The van der Waals surface area contributed by atoms with Crippen molar-refractivity contribution in [3.8, 4) is 0 Å². The van der Waals surface area contributed by atoms with Gasteiger partial charge >= 0.3 is 0 Å². The summed E-state index contributed by atoms with van der Waals surface area (Å²) in [6.45, 7) is 2.27. The standard InChI is InChI=1S/C9H10ClPS3/c1-6-9(14-11(12)13-6)7-2-4-8(10)5-3-7/h2-6,9,12H,1H3. The first-order valence-electron chi connectivity index (χ1n) is 4.25. The number of halogens is 1. The summed E-state index contributed by atoms with van der Waals surface area (Å²) in [5, 5.41) is 2.05. The van der Waals surface area contributed by atoms with E-state index >= 15 is 0 Å². The van der Waals surface area contributed by atoms with Gasteiger partial charge in [0.05, 0.1) is 5.53 Å². The van der Waals surface area contributed by atoms with Gasteiger partial charge in [0, 0.05) is 15.5 Å². The molecule has 0 radical (unpaired) electrons. The first-order chi connectivity index (χ1) is 6.66. The van der Waals surface area contributed by atoms with Crippen molar-refractivity contribution in [2.75, 3.05) is 0 Å². The van der Waals surface area contributed by atoms with Crippen LogP contribution in [0, 0.1) is 0 Å². The molecule has 2 rings (SSSR count). The van der Waals surface area contributed by atoms with Crippen LogP contribution >= 0.6 is 52.1 Å². The Morgan fingerprint density at radius 1 is 1.29 bits per heavy atom. The van der Waals surface area contributed by atoms with Gasteiger partial charge in [0.25, 0.3) is 0 Å². The molecule has 0 saturated carbocycles. The van der Waals surface area contributed by atoms with Gasteiger partial charge in [0.15, 0.2) is 0 Å². The van der Waals surface area contributed by atoms with E-state index in [1.165, 1.54) is 5.56 Å². The van der Waals surface area contributed by atoms with Crippen LogP contribution in [-0.4, -0.2) is 5.25 Å². The highest BCUT2D eigenvalue weighted by molar-refractivity contribution is 9.10. The van der Waals surface area contributed by atoms with Gasteiger partial charge in [-0.2, -0.15) is 0 Å². The average Bonchev–Trinajstić information content (AvgIpc) is 2.47. The molecule has 0 nitrogen and oxygen atoms in total. The predicted octanol–water partition coefficient (Wildman–Crippen LogP) is 5.41. The van der Waals surface area contributed by atoms with E-state index < -0.39 is 0 Å². The van der Waals surface area contributed by atoms with E-state index in [0.29, 0.717) is 10.5 Å². The van der Waals surface area contributed by atoms with Gasteiger partial charge in [-0.1, -0.05) is 30.7 Å². The average molecular weight is 281 g/mol. The largest absolute Gasteiger partial charge is 0.130 e. The molecule has 3 unspecified atom stereocenters. The number of hydrogen-bond acceptors (Lipinski definition) is 3. The van der Waals surface area contributed by atoms with E-state index in [9.17, 15) is 0 Å². The van der Waals surface area contributed by atoms with Gasteiger partial charge < -0.3 is 0 Å². The van der Waals surface area contributed by atoms with Crippen molar-refractivity contribution in [1.29, 1.82) is 0 Å². The summed E-state index contributed by atoms with van der Waals surface area (Å²) < 4.78 is 0. The minimum Gasteiger partial charge on any atom is -0.130 e. The lowest BCUT2D eigenvalue weighted by Gasteiger charge is -2.12. The normalized spacial score (nSPS) is 32.1. The summed E-state index contributed by atoms with van der Waals surface area (Å²) in [6, 6.07) is 8.18. The van der Waals surface area contributed by atoms with Crippen LogP contribution in [0.25, 0.3) is 0 Å². The molecule has 1 saturated heterocycles. The summed E-state index contributed by atoms with van der Waals surface area (Å²) in [7, 11) is 0. The van der Waals surface area contributed by atoms with Crippen LogP contribution in [0.4, 0.5) is 0 Å². The molecule has 0 amide bonds. The molecule has 1 aromatic carbocycles. The van der Waals surface area contributed by atoms with Crippen LogP contribution in [-0.2, 0) is 0 Å². The second kappa shape index (κ2) is 4.88. The molecule has 1 aliphatic heterocycles. The van der Waals surface area contributed by atoms with Crippen LogP contribution in [0.5, 0.6) is 0 Å². The zero-order valence-electron chi connectivity index (χ0n) is 7.55. The second-order valence-electron chi connectivity index (χ2n) is 3.13. The monoisotopic (exact) mass is 280 g/mol. The zero-order chi connectivity index (χ0) is 10.1. The molecule has 1 fully saturated rings. The highest BCUT2D eigenvalue weighted by atomic mass is 35.5. The van der Waals surface area contributed by atoms with Crippen molar-refractivity contribution >= 4 is 52.1 Å². The molecule has 5 heteroatoms. The minimum absolute atomic E-state index is 0.180. The van der Waals surface area contributed by atoms with Crippen molar-refractivity contribution in [2.45, 2.75) is 17.4 Å². The van der Waals surface area contributed by atoms with Gasteiger partial charge in [0.1, 0.15) is 0 Å². The number of thiol groups is 1. The lowest BCUT2D eigenvalue weighted by molar-refractivity contribution is 0.931. The Hall–Kier alpha value is 0.990. The van der Waals surface area contributed by atoms with E-state index in [-0.39, 0.29) is 5.53 Å². The molecule has 0 bridgehead atoms. The van der Waals surface area contributed by atoms with Gasteiger partial charge in [-0.25, -0.2) is 0 Å². The van der Waals surface area contributed by atoms with Gasteiger partial charge in [-0.15, -0.1) is 35.0 Å². The molecule has 0 aromatic heterocycles. The lowest BCUT2D eigenvalue weighted by Crippen LogP contribution is -2.01. The third-order valence-electron chi connectivity index (χ3n) is 2.09. The summed E-state index contributed by atoms with van der Waals surface area (Å²) >= 11 is 14.4. The molecule has 0 N–H and O–H groups in total. The van der Waals surface area contributed by atoms with Crippen LogP contribution in [0.15, 0.2) is 24.3 Å². The molecular weight excluding hydrogens is 271 g/mol. The van der Waals surface area contributed by atoms with E-state index in [1.54, 1.807) is 0 Å². The Labute approximate surface area is 104 Å². The fourth-order valence-corrected chi connectivity index (χ4v) is 11.2. The summed E-state index contributed by atoms with van der Waals surface area (Å²) in [4.78, 5) is 0. The number of rotatable bonds is 1. The first-order valence-corrected chi connectivity index (χ1v) is 10.1. The van der Waals surface area contributed by atoms with Gasteiger partial charge in [-0.05, 0) is 17.7 Å². The van der Waals surface area contributed by atoms with Crippen molar-refractivity contribution in [3.63, 3.8) is 0 Å². The smallest absolute Gasteiger partial charge is 0.0707 e. The molecule has 1 heterocycles. The molecule has 0 spiro atoms. The Kier molecular flexibility index (Phi) is 4.00. The van der Waals surface area contributed by atoms with Crippen LogP contribution in [0.3, 0.4) is 0 Å². The van der Waals surface area contributed by atoms with E-state index in [0.717, 1.165) is 5.02 Å². The van der Waals surface area contributed by atoms with Gasteiger partial charge in [0.2, 0.25) is 0 Å². The van der Waals surface area contributed by atoms with Crippen molar-refractivity contribution in [1.82, 2.24) is 0 Å². The van der Waals surface area contributed by atoms with Crippen LogP contribution in [0.2, 0.25) is 5.02 Å². The van der Waals surface area contributed by atoms with Gasteiger partial charge in [-0.3, -0.25) is 0 Å². The van der Waals surface area contributed by atoms with Crippen LogP contribution in [0.1, 0.15) is 17.7 Å². The van der Waals surface area contributed by atoms with Crippen molar-refractivity contribution in [2.24, 2.45) is 0 Å². The highest BCUT2D eigenvalue weighted by Gasteiger charge is 2.32. The van der Waals surface area contributed by atoms with E-state index in [1.807, 2.05) is 34.9 Å². The maximum atomic E-state index is 5.86. The molecule has 76 valence electrons. The maximum absolute atomic E-state index is 5.86. The predicted molar refractivity (Wildman–Crippen MR) is 74.7 cm³/mol. The fourth-order valence-electron chi connectivity index (χ4n) is 1.39. The molecule has 14 heavy (non-hydrogen) atoms. The number of hydrogen-bond donors (Lipinski definition) is 1. The fraction of sp³-hybridized carbons (Fsp3) is 0.333. The Morgan fingerprint density at radius 2 is 1.93 bits per heavy atom. The SMILES string of the molecule is CC1SP(S)SC1c1ccc(Cl)cc1. The number of benzene rings is 1. The lowest BCUT2D eigenvalue weighted by atomic mass is 10.1. The molecular formula is C9H10ClPS3. The second-order valence-corrected chi connectivity index (χ2v) is 12.7. The van der Waals surface area contributed by atoms with E-state index in [4.69, 9.17) is 11.6 Å². The molecule has 1 aliphatic rings. The quantitative estimate of drug-likeness (QED) is 0.540. The van der Waals surface area contributed by atoms with Crippen molar-refractivity contribution < 1.29 is 0 Å². The Balaban J connectivity index is 2.19.